The van der Waals surface area contributed by atoms with Crippen LogP contribution in [0.25, 0.3) is 0 Å². The summed E-state index contributed by atoms with van der Waals surface area (Å²) < 4.78 is 0. The van der Waals surface area contributed by atoms with Gasteiger partial charge in [0.15, 0.2) is 0 Å². The summed E-state index contributed by atoms with van der Waals surface area (Å²) in [6.07, 6.45) is 2.38. The zero-order valence-corrected chi connectivity index (χ0v) is 12.8. The van der Waals surface area contributed by atoms with Gasteiger partial charge in [-0.1, -0.05) is 27.7 Å². The highest BCUT2D eigenvalue weighted by atomic mass is 35.5. The van der Waals surface area contributed by atoms with Gasteiger partial charge < -0.3 is 10.6 Å². The number of hydrogen-bond acceptors (Lipinski definition) is 2. The molecule has 3 nitrogen and oxygen atoms in total. The first-order valence-electron chi connectivity index (χ1n) is 6.86. The van der Waals surface area contributed by atoms with Crippen molar-refractivity contribution in [2.45, 2.75) is 40.5 Å². The van der Waals surface area contributed by atoms with Gasteiger partial charge >= 0.3 is 0 Å². The molecule has 2 N–H and O–H groups in total. The molecular formula is C14H27ClN2O. The Hall–Kier alpha value is -0.280. The predicted molar refractivity (Wildman–Crippen MR) is 76.9 cm³/mol. The molecule has 0 bridgehead atoms. The van der Waals surface area contributed by atoms with Crippen molar-refractivity contribution >= 4 is 18.3 Å². The van der Waals surface area contributed by atoms with Crippen molar-refractivity contribution in [2.75, 3.05) is 19.6 Å². The Kier molecular flexibility index (Phi) is 4.71. The van der Waals surface area contributed by atoms with Gasteiger partial charge in [-0.15, -0.1) is 12.4 Å². The van der Waals surface area contributed by atoms with E-state index in [-0.39, 0.29) is 35.1 Å². The predicted octanol–water partition coefficient (Wildman–Crippen LogP) is 2.21. The Morgan fingerprint density at radius 1 is 1.28 bits per heavy atom. The molecule has 2 rings (SSSR count). The molecule has 0 aromatic carbocycles. The number of carbonyl (C=O) groups excluding carboxylic acids is 1. The Morgan fingerprint density at radius 2 is 1.89 bits per heavy atom. The number of nitrogens with one attached hydrogen (secondary N) is 2. The number of halogens is 1. The summed E-state index contributed by atoms with van der Waals surface area (Å²) in [4.78, 5) is 12.1. The third kappa shape index (κ3) is 2.67. The average Bonchev–Trinajstić information content (AvgIpc) is 2.58. The van der Waals surface area contributed by atoms with Gasteiger partial charge in [-0.2, -0.15) is 0 Å². The summed E-state index contributed by atoms with van der Waals surface area (Å²) in [7, 11) is 0. The molecular weight excluding hydrogens is 248 g/mol. The Bertz CT molecular complexity index is 295. The summed E-state index contributed by atoms with van der Waals surface area (Å²) in [6, 6.07) is 0. The molecule has 2 aliphatic rings. The van der Waals surface area contributed by atoms with Crippen LogP contribution in [-0.2, 0) is 4.79 Å². The summed E-state index contributed by atoms with van der Waals surface area (Å²) in [5.74, 6) is 1.21. The van der Waals surface area contributed by atoms with Crippen molar-refractivity contribution in [1.29, 1.82) is 0 Å². The first-order valence-corrected chi connectivity index (χ1v) is 6.86. The van der Waals surface area contributed by atoms with E-state index in [9.17, 15) is 4.79 Å². The molecule has 106 valence electrons. The molecule has 1 amide bonds. The third-order valence-corrected chi connectivity index (χ3v) is 5.30. The minimum atomic E-state index is 0. The molecule has 4 heteroatoms. The van der Waals surface area contributed by atoms with Gasteiger partial charge in [-0.05, 0) is 42.7 Å². The molecule has 0 radical (unpaired) electrons. The summed E-state index contributed by atoms with van der Waals surface area (Å²) >= 11 is 0. The van der Waals surface area contributed by atoms with Crippen LogP contribution in [0.15, 0.2) is 0 Å². The molecule has 1 atom stereocenters. The van der Waals surface area contributed by atoms with Crippen molar-refractivity contribution in [3.8, 4) is 0 Å². The fraction of sp³-hybridized carbons (Fsp3) is 0.929. The van der Waals surface area contributed by atoms with Gasteiger partial charge in [0.1, 0.15) is 0 Å². The molecule has 18 heavy (non-hydrogen) atoms. The van der Waals surface area contributed by atoms with E-state index in [4.69, 9.17) is 0 Å². The van der Waals surface area contributed by atoms with Gasteiger partial charge in [0.2, 0.25) is 5.91 Å². The second kappa shape index (κ2) is 5.38. The van der Waals surface area contributed by atoms with Gasteiger partial charge in [-0.3, -0.25) is 4.79 Å². The lowest BCUT2D eigenvalue weighted by molar-refractivity contribution is -0.123. The SMILES string of the molecule is CC1(C)C(C(=O)NCCC2CCNC2)C1(C)C.Cl. The van der Waals surface area contributed by atoms with Crippen LogP contribution in [0.5, 0.6) is 0 Å². The van der Waals surface area contributed by atoms with E-state index in [2.05, 4.69) is 38.3 Å². The Morgan fingerprint density at radius 3 is 2.33 bits per heavy atom. The quantitative estimate of drug-likeness (QED) is 0.825. The van der Waals surface area contributed by atoms with Crippen LogP contribution in [0, 0.1) is 22.7 Å². The van der Waals surface area contributed by atoms with Gasteiger partial charge in [0, 0.05) is 12.5 Å². The smallest absolute Gasteiger partial charge is 0.224 e. The molecule has 1 unspecified atom stereocenters. The minimum absolute atomic E-state index is 0. The zero-order chi connectivity index (χ0) is 12.7. The van der Waals surface area contributed by atoms with Crippen molar-refractivity contribution in [3.05, 3.63) is 0 Å². The molecule has 1 saturated heterocycles. The Balaban J connectivity index is 0.00000162. The normalized spacial score (nSPS) is 28.6. The highest BCUT2D eigenvalue weighted by molar-refractivity contribution is 5.85. The van der Waals surface area contributed by atoms with Crippen LogP contribution in [0.2, 0.25) is 0 Å². The molecule has 0 aromatic heterocycles. The highest BCUT2D eigenvalue weighted by Gasteiger charge is 2.68. The lowest BCUT2D eigenvalue weighted by Gasteiger charge is -2.10. The van der Waals surface area contributed by atoms with Crippen molar-refractivity contribution in [3.63, 3.8) is 0 Å². The summed E-state index contributed by atoms with van der Waals surface area (Å²) in [5, 5.41) is 6.48. The van der Waals surface area contributed by atoms with E-state index in [0.717, 1.165) is 32.0 Å². The lowest BCUT2D eigenvalue weighted by atomic mass is 10.0. The summed E-state index contributed by atoms with van der Waals surface area (Å²) in [5.41, 5.74) is 0.317. The highest BCUT2D eigenvalue weighted by Crippen LogP contribution is 2.68. The topological polar surface area (TPSA) is 41.1 Å². The van der Waals surface area contributed by atoms with Crippen LogP contribution >= 0.6 is 12.4 Å². The van der Waals surface area contributed by atoms with Gasteiger partial charge in [-0.25, -0.2) is 0 Å². The number of amides is 1. The first-order chi connectivity index (χ1) is 7.87. The average molecular weight is 275 g/mol. The van der Waals surface area contributed by atoms with Gasteiger partial charge in [0.05, 0.1) is 0 Å². The second-order valence-corrected chi connectivity index (χ2v) is 6.81. The monoisotopic (exact) mass is 274 g/mol. The third-order valence-electron chi connectivity index (χ3n) is 5.30. The minimum Gasteiger partial charge on any atom is -0.356 e. The van der Waals surface area contributed by atoms with E-state index in [1.165, 1.54) is 6.42 Å². The van der Waals surface area contributed by atoms with Crippen molar-refractivity contribution < 1.29 is 4.79 Å². The maximum atomic E-state index is 12.1. The summed E-state index contributed by atoms with van der Waals surface area (Å²) in [6.45, 7) is 11.9. The van der Waals surface area contributed by atoms with Crippen LogP contribution in [0.4, 0.5) is 0 Å². The number of hydrogen-bond donors (Lipinski definition) is 2. The van der Waals surface area contributed by atoms with Crippen LogP contribution in [0.3, 0.4) is 0 Å². The maximum absolute atomic E-state index is 12.1. The molecule has 0 spiro atoms. The largest absolute Gasteiger partial charge is 0.356 e. The van der Waals surface area contributed by atoms with E-state index < -0.39 is 0 Å². The molecule has 0 aromatic rings. The van der Waals surface area contributed by atoms with E-state index in [1.54, 1.807) is 0 Å². The molecule has 1 saturated carbocycles. The first kappa shape index (κ1) is 15.8. The number of carbonyl (C=O) groups is 1. The van der Waals surface area contributed by atoms with E-state index in [0.29, 0.717) is 0 Å². The standard InChI is InChI=1S/C14H26N2O.ClH/c1-13(2)11(14(13,3)4)12(17)16-8-6-10-5-7-15-9-10;/h10-11,15H,5-9H2,1-4H3,(H,16,17);1H. The maximum Gasteiger partial charge on any atom is 0.224 e. The lowest BCUT2D eigenvalue weighted by Crippen LogP contribution is -2.29. The molecule has 2 fully saturated rings. The van der Waals surface area contributed by atoms with E-state index in [1.807, 2.05) is 0 Å². The van der Waals surface area contributed by atoms with Gasteiger partial charge in [0.25, 0.3) is 0 Å². The van der Waals surface area contributed by atoms with Crippen LogP contribution in [0.1, 0.15) is 40.5 Å². The second-order valence-electron chi connectivity index (χ2n) is 6.81. The van der Waals surface area contributed by atoms with E-state index >= 15 is 0 Å². The zero-order valence-electron chi connectivity index (χ0n) is 12.0. The molecule has 1 heterocycles. The fourth-order valence-electron chi connectivity index (χ4n) is 3.31. The molecule has 1 aliphatic heterocycles. The van der Waals surface area contributed by atoms with Crippen LogP contribution in [-0.4, -0.2) is 25.5 Å². The number of rotatable bonds is 4. The van der Waals surface area contributed by atoms with Crippen molar-refractivity contribution in [1.82, 2.24) is 10.6 Å². The Labute approximate surface area is 117 Å². The van der Waals surface area contributed by atoms with Crippen LogP contribution < -0.4 is 10.6 Å². The fourth-order valence-corrected chi connectivity index (χ4v) is 3.31. The van der Waals surface area contributed by atoms with Crippen molar-refractivity contribution in [2.24, 2.45) is 22.7 Å². The molecule has 1 aliphatic carbocycles.